The lowest BCUT2D eigenvalue weighted by atomic mass is 10.1. The fourth-order valence-corrected chi connectivity index (χ4v) is 2.35. The minimum Gasteiger partial charge on any atom is -0.381 e. The van der Waals surface area contributed by atoms with E-state index in [0.717, 1.165) is 6.42 Å². The molecule has 1 aliphatic carbocycles. The number of nitrogens with two attached hydrogens (primary N) is 1. The number of pyridine rings is 1. The SMILES string of the molecule is COC1CCCC1CN=C(N)Nc1ccccn1. The van der Waals surface area contributed by atoms with Crippen LogP contribution in [-0.2, 0) is 4.74 Å². The average molecular weight is 248 g/mol. The lowest BCUT2D eigenvalue weighted by molar-refractivity contribution is 0.0743. The van der Waals surface area contributed by atoms with Crippen molar-refractivity contribution < 1.29 is 4.74 Å². The summed E-state index contributed by atoms with van der Waals surface area (Å²) >= 11 is 0. The smallest absolute Gasteiger partial charge is 0.194 e. The second-order valence-corrected chi connectivity index (χ2v) is 4.53. The molecule has 1 aromatic heterocycles. The summed E-state index contributed by atoms with van der Waals surface area (Å²) in [6.45, 7) is 0.712. The Morgan fingerprint density at radius 3 is 3.17 bits per heavy atom. The van der Waals surface area contributed by atoms with Crippen molar-refractivity contribution in [3.05, 3.63) is 24.4 Å². The molecule has 0 saturated heterocycles. The lowest BCUT2D eigenvalue weighted by Crippen LogP contribution is -2.26. The number of hydrogen-bond acceptors (Lipinski definition) is 3. The van der Waals surface area contributed by atoms with Gasteiger partial charge in [-0.15, -0.1) is 0 Å². The Kier molecular flexibility index (Phi) is 4.52. The van der Waals surface area contributed by atoms with E-state index in [9.17, 15) is 0 Å². The third kappa shape index (κ3) is 3.43. The number of hydrogen-bond donors (Lipinski definition) is 2. The third-order valence-electron chi connectivity index (χ3n) is 3.31. The molecule has 3 N–H and O–H groups in total. The van der Waals surface area contributed by atoms with Gasteiger partial charge in [0.15, 0.2) is 5.96 Å². The second kappa shape index (κ2) is 6.35. The number of ether oxygens (including phenoxy) is 1. The molecule has 18 heavy (non-hydrogen) atoms. The summed E-state index contributed by atoms with van der Waals surface area (Å²) in [4.78, 5) is 8.50. The van der Waals surface area contributed by atoms with Gasteiger partial charge in [-0.05, 0) is 25.0 Å². The molecule has 1 fully saturated rings. The first-order chi connectivity index (χ1) is 8.79. The first kappa shape index (κ1) is 12.8. The van der Waals surface area contributed by atoms with Crippen molar-refractivity contribution in [2.45, 2.75) is 25.4 Å². The van der Waals surface area contributed by atoms with Gasteiger partial charge in [0.05, 0.1) is 6.10 Å². The molecule has 98 valence electrons. The van der Waals surface area contributed by atoms with Gasteiger partial charge < -0.3 is 15.8 Å². The molecule has 0 aliphatic heterocycles. The number of rotatable bonds is 4. The van der Waals surface area contributed by atoms with Crippen LogP contribution in [0.4, 0.5) is 5.82 Å². The zero-order chi connectivity index (χ0) is 12.8. The zero-order valence-electron chi connectivity index (χ0n) is 10.7. The fourth-order valence-electron chi connectivity index (χ4n) is 2.35. The van der Waals surface area contributed by atoms with Crippen LogP contribution < -0.4 is 11.1 Å². The summed E-state index contributed by atoms with van der Waals surface area (Å²) in [5, 5.41) is 2.97. The Morgan fingerprint density at radius 1 is 1.56 bits per heavy atom. The predicted octanol–water partition coefficient (Wildman–Crippen LogP) is 1.62. The van der Waals surface area contributed by atoms with E-state index in [-0.39, 0.29) is 0 Å². The molecular weight excluding hydrogens is 228 g/mol. The minimum atomic E-state index is 0.330. The highest BCUT2D eigenvalue weighted by atomic mass is 16.5. The number of methoxy groups -OCH3 is 1. The third-order valence-corrected chi connectivity index (χ3v) is 3.31. The summed E-state index contributed by atoms with van der Waals surface area (Å²) < 4.78 is 5.43. The first-order valence-corrected chi connectivity index (χ1v) is 6.30. The minimum absolute atomic E-state index is 0.330. The van der Waals surface area contributed by atoms with E-state index >= 15 is 0 Å². The Balaban J connectivity index is 1.85. The van der Waals surface area contributed by atoms with Crippen molar-refractivity contribution in [1.82, 2.24) is 4.98 Å². The molecular formula is C13H20N4O. The van der Waals surface area contributed by atoms with Gasteiger partial charge in [-0.3, -0.25) is 4.99 Å². The van der Waals surface area contributed by atoms with Crippen LogP contribution in [0.1, 0.15) is 19.3 Å². The number of nitrogens with zero attached hydrogens (tertiary/aromatic N) is 2. The van der Waals surface area contributed by atoms with Crippen LogP contribution in [0.3, 0.4) is 0 Å². The zero-order valence-corrected chi connectivity index (χ0v) is 10.7. The highest BCUT2D eigenvalue weighted by Gasteiger charge is 2.26. The quantitative estimate of drug-likeness (QED) is 0.627. The fraction of sp³-hybridized carbons (Fsp3) is 0.538. The molecule has 0 radical (unpaired) electrons. The van der Waals surface area contributed by atoms with Crippen molar-refractivity contribution in [2.75, 3.05) is 19.0 Å². The van der Waals surface area contributed by atoms with Crippen LogP contribution in [-0.4, -0.2) is 30.7 Å². The van der Waals surface area contributed by atoms with Crippen LogP contribution in [0.15, 0.2) is 29.4 Å². The van der Waals surface area contributed by atoms with Crippen LogP contribution in [0.5, 0.6) is 0 Å². The Labute approximate surface area is 107 Å². The Morgan fingerprint density at radius 2 is 2.44 bits per heavy atom. The first-order valence-electron chi connectivity index (χ1n) is 6.30. The second-order valence-electron chi connectivity index (χ2n) is 4.53. The normalized spacial score (nSPS) is 24.2. The van der Waals surface area contributed by atoms with Crippen molar-refractivity contribution in [3.63, 3.8) is 0 Å². The molecule has 5 nitrogen and oxygen atoms in total. The van der Waals surface area contributed by atoms with Crippen LogP contribution in [0.2, 0.25) is 0 Å². The highest BCUT2D eigenvalue weighted by molar-refractivity contribution is 5.91. The van der Waals surface area contributed by atoms with Gasteiger partial charge >= 0.3 is 0 Å². The van der Waals surface area contributed by atoms with Gasteiger partial charge in [-0.1, -0.05) is 12.5 Å². The molecule has 2 rings (SSSR count). The van der Waals surface area contributed by atoms with E-state index in [4.69, 9.17) is 10.5 Å². The van der Waals surface area contributed by atoms with E-state index in [1.54, 1.807) is 13.3 Å². The highest BCUT2D eigenvalue weighted by Crippen LogP contribution is 2.27. The molecule has 1 heterocycles. The number of aromatic nitrogens is 1. The van der Waals surface area contributed by atoms with Crippen LogP contribution >= 0.6 is 0 Å². The number of nitrogens with one attached hydrogen (secondary N) is 1. The molecule has 1 aromatic rings. The van der Waals surface area contributed by atoms with Crippen molar-refractivity contribution >= 4 is 11.8 Å². The maximum absolute atomic E-state index is 5.83. The topological polar surface area (TPSA) is 72.5 Å². The standard InChI is InChI=1S/C13H20N4O/c1-18-11-6-4-5-10(11)9-16-13(14)17-12-7-2-3-8-15-12/h2-3,7-8,10-11H,4-6,9H2,1H3,(H3,14,15,16,17). The molecule has 1 saturated carbocycles. The van der Waals surface area contributed by atoms with Gasteiger partial charge in [0.2, 0.25) is 0 Å². The number of aliphatic imine (C=N–C) groups is 1. The molecule has 1 aliphatic rings. The van der Waals surface area contributed by atoms with Crippen molar-refractivity contribution in [2.24, 2.45) is 16.6 Å². The molecule has 2 unspecified atom stereocenters. The van der Waals surface area contributed by atoms with Crippen LogP contribution in [0, 0.1) is 5.92 Å². The molecule has 2 atom stereocenters. The average Bonchev–Trinajstić information content (AvgIpc) is 2.85. The van der Waals surface area contributed by atoms with E-state index in [1.807, 2.05) is 18.2 Å². The van der Waals surface area contributed by atoms with Gasteiger partial charge in [-0.2, -0.15) is 0 Å². The van der Waals surface area contributed by atoms with Crippen molar-refractivity contribution in [3.8, 4) is 0 Å². The van der Waals surface area contributed by atoms with E-state index in [2.05, 4.69) is 15.3 Å². The summed E-state index contributed by atoms with van der Waals surface area (Å²) in [5.74, 6) is 1.61. The number of guanidine groups is 1. The Hall–Kier alpha value is -1.62. The van der Waals surface area contributed by atoms with E-state index in [1.165, 1.54) is 12.8 Å². The molecule has 5 heteroatoms. The Bertz CT molecular complexity index is 393. The maximum atomic E-state index is 5.83. The van der Waals surface area contributed by atoms with Gasteiger partial charge in [0.1, 0.15) is 5.82 Å². The van der Waals surface area contributed by atoms with E-state index < -0.39 is 0 Å². The predicted molar refractivity (Wildman–Crippen MR) is 72.5 cm³/mol. The summed E-state index contributed by atoms with van der Waals surface area (Å²) in [5.41, 5.74) is 5.83. The van der Waals surface area contributed by atoms with Gasteiger partial charge in [0, 0.05) is 25.8 Å². The van der Waals surface area contributed by atoms with E-state index in [0.29, 0.717) is 30.3 Å². The monoisotopic (exact) mass is 248 g/mol. The van der Waals surface area contributed by atoms with Crippen LogP contribution in [0.25, 0.3) is 0 Å². The molecule has 0 aromatic carbocycles. The summed E-state index contributed by atoms with van der Waals surface area (Å²) in [6.07, 6.45) is 5.56. The molecule has 0 spiro atoms. The number of anilines is 1. The lowest BCUT2D eigenvalue weighted by Gasteiger charge is -2.16. The van der Waals surface area contributed by atoms with Gasteiger partial charge in [0.25, 0.3) is 0 Å². The largest absolute Gasteiger partial charge is 0.381 e. The molecule has 0 bridgehead atoms. The molecule has 0 amide bonds. The van der Waals surface area contributed by atoms with Crippen molar-refractivity contribution in [1.29, 1.82) is 0 Å². The summed E-state index contributed by atoms with van der Waals surface area (Å²) in [7, 11) is 1.77. The van der Waals surface area contributed by atoms with Gasteiger partial charge in [-0.25, -0.2) is 4.98 Å². The summed E-state index contributed by atoms with van der Waals surface area (Å²) in [6, 6.07) is 5.62. The maximum Gasteiger partial charge on any atom is 0.194 e.